The summed E-state index contributed by atoms with van der Waals surface area (Å²) in [5.74, 6) is 3.27. The largest absolute Gasteiger partial charge is 0.494 e. The first-order chi connectivity index (χ1) is 11.3. The molecule has 0 unspecified atom stereocenters. The molecule has 0 aliphatic heterocycles. The van der Waals surface area contributed by atoms with Crippen LogP contribution in [0.3, 0.4) is 0 Å². The third kappa shape index (κ3) is 6.52. The van der Waals surface area contributed by atoms with E-state index in [1.807, 2.05) is 24.3 Å². The molecule has 0 amide bonds. The number of hydrogen-bond donors (Lipinski definition) is 0. The molecule has 2 rings (SSSR count). The molecule has 1 saturated carbocycles. The van der Waals surface area contributed by atoms with Gasteiger partial charge in [-0.15, -0.1) is 0 Å². The van der Waals surface area contributed by atoms with Crippen LogP contribution < -0.4 is 9.47 Å². The minimum absolute atomic E-state index is 0.661. The maximum Gasteiger partial charge on any atom is 0.119 e. The standard InChI is InChI=1S/C20H29NO2/c1-2-3-15-22-19-10-12-20(13-11-19)23-16-18-8-6-17(7-9-18)5-4-14-21/h10-13,17-18H,2-9,15-16H2,1H3. The fourth-order valence-corrected chi connectivity index (χ4v) is 3.14. The first-order valence-electron chi connectivity index (χ1n) is 9.04. The minimum Gasteiger partial charge on any atom is -0.494 e. The van der Waals surface area contributed by atoms with Gasteiger partial charge in [0.2, 0.25) is 0 Å². The molecule has 0 N–H and O–H groups in total. The lowest BCUT2D eigenvalue weighted by Crippen LogP contribution is -2.20. The Kier molecular flexibility index (Phi) is 7.80. The van der Waals surface area contributed by atoms with Crippen LogP contribution in [0.15, 0.2) is 24.3 Å². The van der Waals surface area contributed by atoms with E-state index >= 15 is 0 Å². The van der Waals surface area contributed by atoms with Crippen molar-refractivity contribution < 1.29 is 9.47 Å². The molecule has 1 aromatic carbocycles. The van der Waals surface area contributed by atoms with E-state index in [1.54, 1.807) is 0 Å². The average Bonchev–Trinajstić information content (AvgIpc) is 2.60. The zero-order valence-corrected chi connectivity index (χ0v) is 14.3. The van der Waals surface area contributed by atoms with Gasteiger partial charge in [0.05, 0.1) is 19.3 Å². The van der Waals surface area contributed by atoms with Crippen molar-refractivity contribution in [2.75, 3.05) is 13.2 Å². The van der Waals surface area contributed by atoms with Crippen molar-refractivity contribution in [2.24, 2.45) is 11.8 Å². The molecule has 126 valence electrons. The van der Waals surface area contributed by atoms with Crippen molar-refractivity contribution in [2.45, 2.75) is 58.3 Å². The predicted octanol–water partition coefficient (Wildman–Crippen LogP) is 5.35. The number of benzene rings is 1. The highest BCUT2D eigenvalue weighted by molar-refractivity contribution is 5.31. The van der Waals surface area contributed by atoms with Gasteiger partial charge in [0, 0.05) is 6.42 Å². The van der Waals surface area contributed by atoms with Crippen LogP contribution in [0.25, 0.3) is 0 Å². The smallest absolute Gasteiger partial charge is 0.119 e. The molecule has 0 bridgehead atoms. The fraction of sp³-hybridized carbons (Fsp3) is 0.650. The third-order valence-electron chi connectivity index (χ3n) is 4.71. The molecule has 1 fully saturated rings. The van der Waals surface area contributed by atoms with Crippen LogP contribution >= 0.6 is 0 Å². The van der Waals surface area contributed by atoms with Gasteiger partial charge < -0.3 is 9.47 Å². The maximum absolute atomic E-state index is 8.66. The van der Waals surface area contributed by atoms with Gasteiger partial charge in [-0.25, -0.2) is 0 Å². The number of hydrogen-bond acceptors (Lipinski definition) is 3. The van der Waals surface area contributed by atoms with Crippen molar-refractivity contribution in [1.82, 2.24) is 0 Å². The second kappa shape index (κ2) is 10.2. The molecule has 3 nitrogen and oxygen atoms in total. The Morgan fingerprint density at radius 2 is 1.61 bits per heavy atom. The summed E-state index contributed by atoms with van der Waals surface area (Å²) in [6.07, 6.45) is 8.99. The van der Waals surface area contributed by atoms with Gasteiger partial charge in [-0.1, -0.05) is 26.2 Å². The van der Waals surface area contributed by atoms with Crippen LogP contribution in [-0.2, 0) is 0 Å². The van der Waals surface area contributed by atoms with Crippen molar-refractivity contribution in [3.8, 4) is 17.6 Å². The van der Waals surface area contributed by atoms with Gasteiger partial charge in [0.25, 0.3) is 0 Å². The van der Waals surface area contributed by atoms with Gasteiger partial charge >= 0.3 is 0 Å². The molecule has 0 aromatic heterocycles. The first-order valence-corrected chi connectivity index (χ1v) is 9.04. The van der Waals surface area contributed by atoms with Crippen molar-refractivity contribution in [1.29, 1.82) is 5.26 Å². The van der Waals surface area contributed by atoms with Crippen molar-refractivity contribution in [3.63, 3.8) is 0 Å². The molecule has 23 heavy (non-hydrogen) atoms. The Bertz CT molecular complexity index is 469. The molecular weight excluding hydrogens is 286 g/mol. The minimum atomic E-state index is 0.661. The number of nitriles is 1. The van der Waals surface area contributed by atoms with E-state index in [4.69, 9.17) is 14.7 Å². The Balaban J connectivity index is 1.65. The molecule has 0 heterocycles. The highest BCUT2D eigenvalue weighted by atomic mass is 16.5. The van der Waals surface area contributed by atoms with Crippen LogP contribution in [0.2, 0.25) is 0 Å². The van der Waals surface area contributed by atoms with E-state index in [9.17, 15) is 0 Å². The lowest BCUT2D eigenvalue weighted by molar-refractivity contribution is 0.179. The quantitative estimate of drug-likeness (QED) is 0.576. The Morgan fingerprint density at radius 3 is 2.22 bits per heavy atom. The van der Waals surface area contributed by atoms with Gasteiger partial charge in [0.1, 0.15) is 11.5 Å². The lowest BCUT2D eigenvalue weighted by atomic mass is 9.80. The van der Waals surface area contributed by atoms with Crippen molar-refractivity contribution >= 4 is 0 Å². The normalized spacial score (nSPS) is 20.7. The van der Waals surface area contributed by atoms with Gasteiger partial charge in [-0.2, -0.15) is 5.26 Å². The molecule has 3 heteroatoms. The predicted molar refractivity (Wildman–Crippen MR) is 92.6 cm³/mol. The molecule has 0 saturated heterocycles. The summed E-state index contributed by atoms with van der Waals surface area (Å²) in [5, 5.41) is 8.66. The third-order valence-corrected chi connectivity index (χ3v) is 4.71. The van der Waals surface area contributed by atoms with E-state index in [1.165, 1.54) is 25.7 Å². The van der Waals surface area contributed by atoms with Crippen molar-refractivity contribution in [3.05, 3.63) is 24.3 Å². The zero-order valence-electron chi connectivity index (χ0n) is 14.3. The first kappa shape index (κ1) is 17.7. The van der Waals surface area contributed by atoms with E-state index < -0.39 is 0 Å². The molecule has 1 aromatic rings. The molecular formula is C20H29NO2. The Morgan fingerprint density at radius 1 is 1.00 bits per heavy atom. The number of unbranched alkanes of at least 4 members (excludes halogenated alkanes) is 1. The zero-order chi connectivity index (χ0) is 16.3. The second-order valence-corrected chi connectivity index (χ2v) is 6.57. The van der Waals surface area contributed by atoms with Crippen LogP contribution in [-0.4, -0.2) is 13.2 Å². The highest BCUT2D eigenvalue weighted by Gasteiger charge is 2.21. The maximum atomic E-state index is 8.66. The van der Waals surface area contributed by atoms with Crippen LogP contribution in [0, 0.1) is 23.2 Å². The van der Waals surface area contributed by atoms with Crippen LogP contribution in [0.1, 0.15) is 58.3 Å². The summed E-state index contributed by atoms with van der Waals surface area (Å²) in [5.41, 5.74) is 0. The number of rotatable bonds is 9. The topological polar surface area (TPSA) is 42.2 Å². The van der Waals surface area contributed by atoms with Crippen LogP contribution in [0.4, 0.5) is 0 Å². The summed E-state index contributed by atoms with van der Waals surface area (Å²) >= 11 is 0. The summed E-state index contributed by atoms with van der Waals surface area (Å²) in [6.45, 7) is 3.75. The molecule has 1 aliphatic carbocycles. The summed E-state index contributed by atoms with van der Waals surface area (Å²) in [7, 11) is 0. The van der Waals surface area contributed by atoms with E-state index in [2.05, 4.69) is 13.0 Å². The fourth-order valence-electron chi connectivity index (χ4n) is 3.14. The average molecular weight is 315 g/mol. The monoisotopic (exact) mass is 315 g/mol. The van der Waals surface area contributed by atoms with E-state index in [-0.39, 0.29) is 0 Å². The molecule has 0 atom stereocenters. The Hall–Kier alpha value is -1.69. The molecule has 0 spiro atoms. The highest BCUT2D eigenvalue weighted by Crippen LogP contribution is 2.32. The summed E-state index contributed by atoms with van der Waals surface area (Å²) in [6, 6.07) is 10.2. The number of nitrogens with zero attached hydrogens (tertiary/aromatic N) is 1. The molecule has 1 aliphatic rings. The van der Waals surface area contributed by atoms with Gasteiger partial charge in [-0.3, -0.25) is 0 Å². The van der Waals surface area contributed by atoms with Gasteiger partial charge in [-0.05, 0) is 61.8 Å². The van der Waals surface area contributed by atoms with Gasteiger partial charge in [0.15, 0.2) is 0 Å². The van der Waals surface area contributed by atoms with Crippen LogP contribution in [0.5, 0.6) is 11.5 Å². The van der Waals surface area contributed by atoms with E-state index in [0.29, 0.717) is 12.3 Å². The summed E-state index contributed by atoms with van der Waals surface area (Å²) < 4.78 is 11.6. The lowest BCUT2D eigenvalue weighted by Gasteiger charge is -2.28. The van der Waals surface area contributed by atoms with E-state index in [0.717, 1.165) is 49.9 Å². The molecule has 0 radical (unpaired) electrons. The SMILES string of the molecule is CCCCOc1ccc(OCC2CCC(CCC#N)CC2)cc1. The summed E-state index contributed by atoms with van der Waals surface area (Å²) in [4.78, 5) is 0. The second-order valence-electron chi connectivity index (χ2n) is 6.57. The Labute approximate surface area is 140 Å². The number of ether oxygens (including phenoxy) is 2.